The summed E-state index contributed by atoms with van der Waals surface area (Å²) >= 11 is -1.35. The van der Waals surface area contributed by atoms with Crippen LogP contribution in [0.25, 0.3) is 0 Å². The van der Waals surface area contributed by atoms with Gasteiger partial charge < -0.3 is 49.6 Å². The average molecular weight is 514 g/mol. The van der Waals surface area contributed by atoms with Crippen molar-refractivity contribution >= 4 is 0 Å². The number of rotatable bonds is 4. The van der Waals surface area contributed by atoms with E-state index in [4.69, 9.17) is 6.78 Å². The molecule has 19 heavy (non-hydrogen) atoms. The van der Waals surface area contributed by atoms with Gasteiger partial charge in [-0.3, -0.25) is 0 Å². The Morgan fingerprint density at radius 1 is 0.684 bits per heavy atom. The van der Waals surface area contributed by atoms with E-state index >= 15 is 0 Å². The van der Waals surface area contributed by atoms with Gasteiger partial charge in [-0.25, -0.2) is 0 Å². The van der Waals surface area contributed by atoms with Crippen LogP contribution in [0.1, 0.15) is 0 Å². The molecular formula is C10H8Cl4N2O2W. The Hall–Kier alpha value is -0.252. The van der Waals surface area contributed by atoms with Gasteiger partial charge in [0.25, 0.3) is 0 Å². The molecule has 9 heteroatoms. The molecule has 0 N–H and O–H groups in total. The molecule has 2 heterocycles. The van der Waals surface area contributed by atoms with E-state index < -0.39 is 19.3 Å². The quantitative estimate of drug-likeness (QED) is 0.408. The SMILES string of the molecule is [Cl-].[Cl-].[Cl-].[Cl-].c1ccc([O][W+4][O]c2ccccn2)nc1. The standard InChI is InChI=1S/2C5H5NO.4ClH.W/c2*7-5-3-1-2-4-6-5;;;;;/h2*1-4H,(H,6,7);4*1H;/q;;;;;;+6/p-6. The molecule has 0 unspecified atom stereocenters. The molecule has 0 aliphatic heterocycles. The van der Waals surface area contributed by atoms with Crippen molar-refractivity contribution in [3.05, 3.63) is 48.8 Å². The summed E-state index contributed by atoms with van der Waals surface area (Å²) in [6.07, 6.45) is 3.38. The minimum atomic E-state index is -1.35. The zero-order valence-corrected chi connectivity index (χ0v) is 15.2. The second-order valence-electron chi connectivity index (χ2n) is 2.57. The van der Waals surface area contributed by atoms with Crippen LogP contribution < -0.4 is 56.4 Å². The molecule has 0 spiro atoms. The molecule has 2 rings (SSSR count). The average Bonchev–Trinajstić information content (AvgIpc) is 2.32. The van der Waals surface area contributed by atoms with Crippen LogP contribution in [-0.2, 0) is 19.3 Å². The van der Waals surface area contributed by atoms with Crippen molar-refractivity contribution in [1.82, 2.24) is 9.97 Å². The summed E-state index contributed by atoms with van der Waals surface area (Å²) < 4.78 is 10.8. The third-order valence-corrected chi connectivity index (χ3v) is 3.23. The first-order valence-electron chi connectivity index (χ1n) is 4.28. The maximum atomic E-state index is 5.40. The van der Waals surface area contributed by atoms with Gasteiger partial charge in [0.15, 0.2) is 0 Å². The summed E-state index contributed by atoms with van der Waals surface area (Å²) in [4.78, 5) is 8.06. The maximum absolute atomic E-state index is 5.40. The molecule has 0 aromatic carbocycles. The molecule has 0 saturated heterocycles. The van der Waals surface area contributed by atoms with Crippen molar-refractivity contribution in [1.29, 1.82) is 0 Å². The topological polar surface area (TPSA) is 44.2 Å². The van der Waals surface area contributed by atoms with E-state index in [1.165, 1.54) is 0 Å². The molecular weight excluding hydrogens is 506 g/mol. The Bertz CT molecular complexity index is 371. The molecule has 0 saturated carbocycles. The molecule has 0 radical (unpaired) electrons. The summed E-state index contributed by atoms with van der Waals surface area (Å²) in [5.74, 6) is 1.22. The molecule has 104 valence electrons. The summed E-state index contributed by atoms with van der Waals surface area (Å²) in [6, 6.07) is 11.1. The molecule has 0 atom stereocenters. The third kappa shape index (κ3) is 9.31. The molecule has 4 nitrogen and oxygen atoms in total. The Morgan fingerprint density at radius 3 is 1.42 bits per heavy atom. The zero-order chi connectivity index (χ0) is 10.3. The van der Waals surface area contributed by atoms with Crippen LogP contribution in [0.5, 0.6) is 11.8 Å². The first-order chi connectivity index (χ1) is 7.45. The summed E-state index contributed by atoms with van der Waals surface area (Å²) in [6.45, 7) is 0. The van der Waals surface area contributed by atoms with E-state index in [9.17, 15) is 0 Å². The van der Waals surface area contributed by atoms with Gasteiger partial charge in [0, 0.05) is 0 Å². The normalized spacial score (nSPS) is 7.16. The van der Waals surface area contributed by atoms with Crippen molar-refractivity contribution in [2.45, 2.75) is 0 Å². The Balaban J connectivity index is -0.000000640. The fourth-order valence-electron chi connectivity index (χ4n) is 0.879. The van der Waals surface area contributed by atoms with Crippen molar-refractivity contribution in [2.24, 2.45) is 0 Å². The number of hydrogen-bond acceptors (Lipinski definition) is 4. The van der Waals surface area contributed by atoms with E-state index in [0.717, 1.165) is 0 Å². The zero-order valence-electron chi connectivity index (χ0n) is 9.25. The van der Waals surface area contributed by atoms with Crippen molar-refractivity contribution in [3.63, 3.8) is 0 Å². The van der Waals surface area contributed by atoms with Crippen LogP contribution >= 0.6 is 0 Å². The van der Waals surface area contributed by atoms with E-state index in [0.29, 0.717) is 11.8 Å². The van der Waals surface area contributed by atoms with Gasteiger partial charge in [-0.05, 0) is 0 Å². The van der Waals surface area contributed by atoms with Gasteiger partial charge in [0.05, 0.1) is 0 Å². The fraction of sp³-hybridized carbons (Fsp3) is 0. The van der Waals surface area contributed by atoms with E-state index in [1.807, 2.05) is 36.4 Å². The first kappa shape index (κ1) is 23.8. The predicted molar refractivity (Wildman–Crippen MR) is 49.7 cm³/mol. The van der Waals surface area contributed by atoms with Gasteiger partial charge in [0.2, 0.25) is 0 Å². The molecule has 2 aromatic rings. The van der Waals surface area contributed by atoms with Crippen LogP contribution in [0, 0.1) is 0 Å². The van der Waals surface area contributed by atoms with E-state index in [-0.39, 0.29) is 49.6 Å². The van der Waals surface area contributed by atoms with Crippen LogP contribution in [0.3, 0.4) is 0 Å². The summed E-state index contributed by atoms with van der Waals surface area (Å²) in [7, 11) is 0. The molecule has 0 bridgehead atoms. The van der Waals surface area contributed by atoms with Crippen molar-refractivity contribution in [3.8, 4) is 11.8 Å². The van der Waals surface area contributed by atoms with Crippen LogP contribution in [0.2, 0.25) is 0 Å². The van der Waals surface area contributed by atoms with E-state index in [1.54, 1.807) is 12.4 Å². The molecule has 0 aliphatic carbocycles. The van der Waals surface area contributed by atoms with E-state index in [2.05, 4.69) is 9.97 Å². The second-order valence-corrected chi connectivity index (χ2v) is 4.26. The van der Waals surface area contributed by atoms with Crippen LogP contribution in [-0.4, -0.2) is 9.97 Å². The molecule has 0 fully saturated rings. The second kappa shape index (κ2) is 14.2. The summed E-state index contributed by atoms with van der Waals surface area (Å²) in [5.41, 5.74) is 0. The first-order valence-corrected chi connectivity index (χ1v) is 6.68. The van der Waals surface area contributed by atoms with Crippen molar-refractivity contribution in [2.75, 3.05) is 0 Å². The molecule has 0 amide bonds. The minimum absolute atomic E-state index is 0. The number of halogens is 4. The predicted octanol–water partition coefficient (Wildman–Crippen LogP) is -10.1. The fourth-order valence-corrected chi connectivity index (χ4v) is 2.21. The Labute approximate surface area is 145 Å². The Morgan fingerprint density at radius 2 is 1.11 bits per heavy atom. The van der Waals surface area contributed by atoms with Crippen molar-refractivity contribution < 1.29 is 75.7 Å². The van der Waals surface area contributed by atoms with Crippen LogP contribution in [0.4, 0.5) is 0 Å². The van der Waals surface area contributed by atoms with Crippen LogP contribution in [0.15, 0.2) is 48.8 Å². The van der Waals surface area contributed by atoms with Gasteiger partial charge in [0.1, 0.15) is 0 Å². The van der Waals surface area contributed by atoms with Gasteiger partial charge in [-0.1, -0.05) is 0 Å². The number of pyridine rings is 2. The van der Waals surface area contributed by atoms with Gasteiger partial charge in [-0.15, -0.1) is 0 Å². The molecule has 0 aliphatic rings. The van der Waals surface area contributed by atoms with Gasteiger partial charge in [-0.2, -0.15) is 0 Å². The summed E-state index contributed by atoms with van der Waals surface area (Å²) in [5, 5.41) is 0. The number of nitrogens with zero attached hydrogens (tertiary/aromatic N) is 2. The number of hydrogen-bond donors (Lipinski definition) is 0. The molecule has 2 aromatic heterocycles. The van der Waals surface area contributed by atoms with Gasteiger partial charge >= 0.3 is 96.6 Å². The monoisotopic (exact) mass is 512 g/mol. The number of aromatic nitrogens is 2. The third-order valence-electron chi connectivity index (χ3n) is 1.51. The Kier molecular flexibility index (Phi) is 17.8.